The number of aromatic nitrogens is 1. The third-order valence-corrected chi connectivity index (χ3v) is 4.20. The van der Waals surface area contributed by atoms with Crippen LogP contribution in [-0.2, 0) is 9.53 Å². The van der Waals surface area contributed by atoms with E-state index >= 15 is 0 Å². The minimum absolute atomic E-state index is 0.270. The van der Waals surface area contributed by atoms with Gasteiger partial charge in [0.1, 0.15) is 0 Å². The van der Waals surface area contributed by atoms with E-state index in [4.69, 9.17) is 4.74 Å². The molecule has 1 amide bonds. The molecular formula is C19H30N2O3. The van der Waals surface area contributed by atoms with E-state index in [0.717, 1.165) is 32.2 Å². The zero-order valence-corrected chi connectivity index (χ0v) is 15.2. The maximum absolute atomic E-state index is 11.7. The minimum Gasteiger partial charge on any atom is -0.462 e. The molecule has 2 heterocycles. The van der Waals surface area contributed by atoms with Crippen LogP contribution in [0, 0.1) is 5.92 Å². The molecule has 1 saturated heterocycles. The number of hydrogen-bond acceptors (Lipinski definition) is 4. The van der Waals surface area contributed by atoms with Crippen LogP contribution in [0.3, 0.4) is 0 Å². The van der Waals surface area contributed by atoms with Gasteiger partial charge in [0.15, 0.2) is 0 Å². The lowest BCUT2D eigenvalue weighted by Gasteiger charge is -2.14. The lowest BCUT2D eigenvalue weighted by molar-refractivity contribution is -0.126. The smallest absolute Gasteiger partial charge is 0.339 e. The van der Waals surface area contributed by atoms with Gasteiger partial charge in [-0.15, -0.1) is 0 Å². The number of hydrogen-bond donors (Lipinski definition) is 0. The highest BCUT2D eigenvalue weighted by molar-refractivity contribution is 5.88. The summed E-state index contributed by atoms with van der Waals surface area (Å²) in [7, 11) is 1.84. The maximum atomic E-state index is 11.7. The summed E-state index contributed by atoms with van der Waals surface area (Å²) in [4.78, 5) is 27.8. The highest BCUT2D eigenvalue weighted by Crippen LogP contribution is 2.13. The molecule has 1 fully saturated rings. The molecule has 5 nitrogen and oxygen atoms in total. The van der Waals surface area contributed by atoms with E-state index in [9.17, 15) is 9.59 Å². The molecular weight excluding hydrogens is 304 g/mol. The van der Waals surface area contributed by atoms with E-state index in [-0.39, 0.29) is 5.97 Å². The molecule has 0 bridgehead atoms. The number of likely N-dealkylation sites (tertiary alicyclic amines) is 1. The third-order valence-electron chi connectivity index (χ3n) is 4.20. The number of carbonyl (C=O) groups excluding carboxylic acids is 2. The quantitative estimate of drug-likeness (QED) is 0.714. The zero-order chi connectivity index (χ0) is 17.8. The Morgan fingerprint density at radius 2 is 2.21 bits per heavy atom. The summed E-state index contributed by atoms with van der Waals surface area (Å²) in [5.74, 6) is 0.503. The molecule has 5 heteroatoms. The monoisotopic (exact) mass is 334 g/mol. The molecule has 1 aromatic heterocycles. The molecule has 24 heavy (non-hydrogen) atoms. The lowest BCUT2D eigenvalue weighted by Crippen LogP contribution is -2.17. The summed E-state index contributed by atoms with van der Waals surface area (Å²) < 4.78 is 5.30. The second-order valence-electron chi connectivity index (χ2n) is 6.18. The van der Waals surface area contributed by atoms with Gasteiger partial charge in [0.2, 0.25) is 5.91 Å². The van der Waals surface area contributed by atoms with E-state index in [0.29, 0.717) is 24.0 Å². The van der Waals surface area contributed by atoms with Crippen LogP contribution in [0.1, 0.15) is 62.7 Å². The Morgan fingerprint density at radius 3 is 2.67 bits per heavy atom. The van der Waals surface area contributed by atoms with Gasteiger partial charge in [-0.05, 0) is 30.9 Å². The van der Waals surface area contributed by atoms with Crippen LogP contribution in [0.5, 0.6) is 0 Å². The summed E-state index contributed by atoms with van der Waals surface area (Å²) in [6.07, 6.45) is 9.57. The van der Waals surface area contributed by atoms with Crippen molar-refractivity contribution in [2.45, 2.75) is 52.4 Å². The van der Waals surface area contributed by atoms with Gasteiger partial charge < -0.3 is 9.64 Å². The summed E-state index contributed by atoms with van der Waals surface area (Å²) >= 11 is 0. The van der Waals surface area contributed by atoms with Crippen LogP contribution >= 0.6 is 0 Å². The topological polar surface area (TPSA) is 59.5 Å². The molecule has 0 saturated carbocycles. The van der Waals surface area contributed by atoms with Crippen molar-refractivity contribution in [1.29, 1.82) is 0 Å². The number of rotatable bonds is 7. The largest absolute Gasteiger partial charge is 0.462 e. The summed E-state index contributed by atoms with van der Waals surface area (Å²) in [5.41, 5.74) is 0.526. The SMILES string of the molecule is CCCCC(CC)COC(=O)c1cccnc1.CN1CCCC1=O. The molecule has 2 rings (SSSR count). The van der Waals surface area contributed by atoms with E-state index in [1.54, 1.807) is 23.2 Å². The van der Waals surface area contributed by atoms with Crippen LogP contribution in [0.4, 0.5) is 0 Å². The van der Waals surface area contributed by atoms with Crippen LogP contribution in [0.25, 0.3) is 0 Å². The van der Waals surface area contributed by atoms with Crippen molar-refractivity contribution in [1.82, 2.24) is 9.88 Å². The van der Waals surface area contributed by atoms with Gasteiger partial charge in [0.25, 0.3) is 0 Å². The van der Waals surface area contributed by atoms with Crippen molar-refractivity contribution in [2.75, 3.05) is 20.2 Å². The van der Waals surface area contributed by atoms with Crippen molar-refractivity contribution in [3.8, 4) is 0 Å². The molecule has 1 atom stereocenters. The van der Waals surface area contributed by atoms with Crippen molar-refractivity contribution in [2.24, 2.45) is 5.92 Å². The fourth-order valence-corrected chi connectivity index (χ4v) is 2.44. The van der Waals surface area contributed by atoms with E-state index in [1.165, 1.54) is 19.0 Å². The highest BCUT2D eigenvalue weighted by Gasteiger charge is 2.14. The fraction of sp³-hybridized carbons (Fsp3) is 0.632. The number of ether oxygens (including phenoxy) is 1. The molecule has 1 aliphatic rings. The van der Waals surface area contributed by atoms with E-state index < -0.39 is 0 Å². The van der Waals surface area contributed by atoms with Crippen molar-refractivity contribution >= 4 is 11.9 Å². The second kappa shape index (κ2) is 11.6. The van der Waals surface area contributed by atoms with Gasteiger partial charge in [-0.2, -0.15) is 0 Å². The third kappa shape index (κ3) is 7.57. The number of esters is 1. The van der Waals surface area contributed by atoms with Gasteiger partial charge in [-0.3, -0.25) is 9.78 Å². The first kappa shape index (κ1) is 20.1. The van der Waals surface area contributed by atoms with Crippen LogP contribution in [-0.4, -0.2) is 42.0 Å². The Morgan fingerprint density at radius 1 is 1.42 bits per heavy atom. The van der Waals surface area contributed by atoms with Crippen molar-refractivity contribution < 1.29 is 14.3 Å². The number of amides is 1. The zero-order valence-electron chi connectivity index (χ0n) is 15.2. The summed E-state index contributed by atoms with van der Waals surface area (Å²) in [6, 6.07) is 3.47. The molecule has 0 aromatic carbocycles. The molecule has 0 spiro atoms. The Hall–Kier alpha value is -1.91. The number of pyridine rings is 1. The summed E-state index contributed by atoms with van der Waals surface area (Å²) in [5, 5.41) is 0. The molecule has 0 N–H and O–H groups in total. The van der Waals surface area contributed by atoms with Gasteiger partial charge in [-0.1, -0.05) is 33.1 Å². The van der Waals surface area contributed by atoms with Crippen molar-refractivity contribution in [3.05, 3.63) is 30.1 Å². The molecule has 1 aliphatic heterocycles. The molecule has 0 aliphatic carbocycles. The van der Waals surface area contributed by atoms with E-state index in [2.05, 4.69) is 18.8 Å². The lowest BCUT2D eigenvalue weighted by atomic mass is 10.0. The second-order valence-corrected chi connectivity index (χ2v) is 6.18. The predicted octanol–water partition coefficient (Wildman–Crippen LogP) is 3.69. The van der Waals surface area contributed by atoms with Crippen molar-refractivity contribution in [3.63, 3.8) is 0 Å². The Kier molecular flexibility index (Phi) is 9.73. The minimum atomic E-state index is -0.270. The Bertz CT molecular complexity index is 491. The highest BCUT2D eigenvalue weighted by atomic mass is 16.5. The molecule has 1 aromatic rings. The van der Waals surface area contributed by atoms with Gasteiger partial charge in [-0.25, -0.2) is 4.79 Å². The molecule has 0 radical (unpaired) electrons. The maximum Gasteiger partial charge on any atom is 0.339 e. The first-order chi connectivity index (χ1) is 11.6. The average molecular weight is 334 g/mol. The molecule has 134 valence electrons. The standard InChI is InChI=1S/C14H21NO2.C5H9NO/c1-3-5-7-12(4-2)11-17-14(16)13-8-6-9-15-10-13;1-6-4-2-3-5(6)7/h6,8-10,12H,3-5,7,11H2,1-2H3;2-4H2,1H3. The average Bonchev–Trinajstić information content (AvgIpc) is 2.99. The summed E-state index contributed by atoms with van der Waals surface area (Å²) in [6.45, 7) is 5.79. The Labute approximate surface area is 145 Å². The number of carbonyl (C=O) groups is 2. The van der Waals surface area contributed by atoms with Crippen LogP contribution in [0.15, 0.2) is 24.5 Å². The van der Waals surface area contributed by atoms with Crippen LogP contribution in [0.2, 0.25) is 0 Å². The first-order valence-electron chi connectivity index (χ1n) is 8.89. The number of nitrogens with zero attached hydrogens (tertiary/aromatic N) is 2. The van der Waals surface area contributed by atoms with Gasteiger partial charge in [0, 0.05) is 32.4 Å². The number of unbranched alkanes of at least 4 members (excludes halogenated alkanes) is 1. The Balaban J connectivity index is 0.000000341. The fourth-order valence-electron chi connectivity index (χ4n) is 2.44. The van der Waals surface area contributed by atoms with Gasteiger partial charge in [0.05, 0.1) is 12.2 Å². The van der Waals surface area contributed by atoms with E-state index in [1.807, 2.05) is 7.05 Å². The normalized spacial score (nSPS) is 14.8. The first-order valence-corrected chi connectivity index (χ1v) is 8.89. The van der Waals surface area contributed by atoms with Gasteiger partial charge >= 0.3 is 5.97 Å². The molecule has 1 unspecified atom stereocenters. The van der Waals surface area contributed by atoms with Crippen LogP contribution < -0.4 is 0 Å². The predicted molar refractivity (Wildman–Crippen MR) is 94.7 cm³/mol.